The molecule has 2 amide bonds. The summed E-state index contributed by atoms with van der Waals surface area (Å²) in [5.41, 5.74) is 4.85. The van der Waals surface area contributed by atoms with Crippen LogP contribution in [0.1, 0.15) is 59.3 Å². The fraction of sp³-hybridized carbons (Fsp3) is 0.258. The van der Waals surface area contributed by atoms with Crippen molar-refractivity contribution in [1.29, 1.82) is 0 Å². The highest BCUT2D eigenvalue weighted by Gasteiger charge is 2.27. The molecule has 1 aromatic heterocycles. The van der Waals surface area contributed by atoms with E-state index in [9.17, 15) is 14.7 Å². The Bertz CT molecular complexity index is 1490. The number of hydrogen-bond acceptors (Lipinski definition) is 5. The number of phenols is 1. The average molecular weight is 525 g/mol. The van der Waals surface area contributed by atoms with Crippen molar-refractivity contribution in [3.8, 4) is 22.8 Å². The zero-order valence-electron chi connectivity index (χ0n) is 22.1. The molecule has 4 aromatic rings. The smallest absolute Gasteiger partial charge is 0.342 e. The van der Waals surface area contributed by atoms with Crippen LogP contribution in [-0.2, 0) is 6.54 Å². The number of hydrogen-bond donors (Lipinski definition) is 3. The summed E-state index contributed by atoms with van der Waals surface area (Å²) in [6, 6.07) is 21.2. The number of nitrogens with one attached hydrogen (secondary N) is 2. The van der Waals surface area contributed by atoms with Crippen molar-refractivity contribution in [2.45, 2.75) is 45.6 Å². The van der Waals surface area contributed by atoms with E-state index in [4.69, 9.17) is 4.74 Å². The van der Waals surface area contributed by atoms with Crippen LogP contribution in [0.25, 0.3) is 11.3 Å². The second-order valence-electron chi connectivity index (χ2n) is 9.79. The van der Waals surface area contributed by atoms with E-state index in [-0.39, 0.29) is 23.6 Å². The Morgan fingerprint density at radius 1 is 1.05 bits per heavy atom. The van der Waals surface area contributed by atoms with Gasteiger partial charge in [-0.1, -0.05) is 36.2 Å². The van der Waals surface area contributed by atoms with Crippen molar-refractivity contribution in [2.75, 3.05) is 11.9 Å². The molecule has 0 saturated heterocycles. The summed E-state index contributed by atoms with van der Waals surface area (Å²) in [7, 11) is 0. The number of anilines is 1. The number of carbonyl (C=O) groups excluding carboxylic acids is 2. The first-order valence-electron chi connectivity index (χ1n) is 13.2. The van der Waals surface area contributed by atoms with E-state index >= 15 is 0 Å². The first-order chi connectivity index (χ1) is 18.9. The maximum atomic E-state index is 13.2. The summed E-state index contributed by atoms with van der Waals surface area (Å²) in [5.74, 6) is 0.660. The second-order valence-corrected chi connectivity index (χ2v) is 9.79. The number of aromatic nitrogens is 2. The van der Waals surface area contributed by atoms with Crippen LogP contribution in [0.5, 0.6) is 11.5 Å². The number of ether oxygens (including phenoxy) is 1. The molecule has 0 bridgehead atoms. The lowest BCUT2D eigenvalue weighted by Gasteiger charge is -2.25. The van der Waals surface area contributed by atoms with Gasteiger partial charge in [0, 0.05) is 29.3 Å². The predicted octanol–water partition coefficient (Wildman–Crippen LogP) is 6.24. The lowest BCUT2D eigenvalue weighted by atomic mass is 9.82. The fourth-order valence-electron chi connectivity index (χ4n) is 4.65. The van der Waals surface area contributed by atoms with Crippen LogP contribution in [0, 0.1) is 6.92 Å². The average Bonchev–Trinajstić information content (AvgIpc) is 3.32. The van der Waals surface area contributed by atoms with Crippen molar-refractivity contribution < 1.29 is 19.4 Å². The molecule has 5 rings (SSSR count). The third-order valence-corrected chi connectivity index (χ3v) is 6.94. The molecule has 0 radical (unpaired) electrons. The number of benzene rings is 3. The number of amides is 2. The molecule has 200 valence electrons. The molecule has 1 saturated carbocycles. The van der Waals surface area contributed by atoms with Gasteiger partial charge in [-0.25, -0.2) is 4.79 Å². The Hall–Kier alpha value is -4.59. The van der Waals surface area contributed by atoms with Gasteiger partial charge in [-0.3, -0.25) is 4.79 Å². The molecular weight excluding hydrogens is 492 g/mol. The highest BCUT2D eigenvalue weighted by atomic mass is 16.5. The topological polar surface area (TPSA) is 105 Å². The Morgan fingerprint density at radius 2 is 1.85 bits per heavy atom. The third kappa shape index (κ3) is 5.95. The lowest BCUT2D eigenvalue weighted by Crippen LogP contribution is -2.31. The monoisotopic (exact) mass is 524 g/mol. The van der Waals surface area contributed by atoms with Crippen molar-refractivity contribution in [1.82, 2.24) is 15.1 Å². The van der Waals surface area contributed by atoms with Crippen LogP contribution in [0.4, 0.5) is 10.5 Å². The van der Waals surface area contributed by atoms with Gasteiger partial charge in [0.25, 0.3) is 5.91 Å². The Kier molecular flexibility index (Phi) is 7.63. The lowest BCUT2D eigenvalue weighted by molar-refractivity contribution is 0.102. The van der Waals surface area contributed by atoms with Gasteiger partial charge in [0.05, 0.1) is 18.0 Å². The van der Waals surface area contributed by atoms with Gasteiger partial charge in [-0.15, -0.1) is 0 Å². The molecular formula is C31H32N4O4. The number of phenolic OH excluding ortho intramolecular Hbond substituents is 1. The minimum absolute atomic E-state index is 0.0130. The molecule has 8 nitrogen and oxygen atoms in total. The number of nitrogens with zero attached hydrogens (tertiary/aromatic N) is 2. The molecule has 1 fully saturated rings. The molecule has 8 heteroatoms. The Balaban J connectivity index is 1.37. The summed E-state index contributed by atoms with van der Waals surface area (Å²) in [6.07, 6.45) is 3.08. The summed E-state index contributed by atoms with van der Waals surface area (Å²) >= 11 is 0. The molecule has 1 heterocycles. The van der Waals surface area contributed by atoms with E-state index in [0.717, 1.165) is 36.1 Å². The van der Waals surface area contributed by atoms with Gasteiger partial charge < -0.3 is 20.5 Å². The molecule has 0 unspecified atom stereocenters. The number of rotatable bonds is 8. The minimum Gasteiger partial charge on any atom is -0.507 e. The second kappa shape index (κ2) is 11.4. The molecule has 0 aliphatic heterocycles. The highest BCUT2D eigenvalue weighted by molar-refractivity contribution is 6.04. The number of aryl methyl sites for hydroxylation is 1. The van der Waals surface area contributed by atoms with Crippen molar-refractivity contribution in [3.63, 3.8) is 0 Å². The molecule has 3 N–H and O–H groups in total. The first kappa shape index (κ1) is 26.0. The number of carbonyl (C=O) groups is 2. The van der Waals surface area contributed by atoms with Crippen LogP contribution in [-0.4, -0.2) is 33.4 Å². The van der Waals surface area contributed by atoms with Crippen molar-refractivity contribution >= 4 is 17.6 Å². The zero-order valence-corrected chi connectivity index (χ0v) is 22.1. The predicted molar refractivity (Wildman–Crippen MR) is 150 cm³/mol. The summed E-state index contributed by atoms with van der Waals surface area (Å²) in [4.78, 5) is 26.0. The van der Waals surface area contributed by atoms with E-state index in [0.29, 0.717) is 41.4 Å². The molecule has 1 aliphatic rings. The fourth-order valence-corrected chi connectivity index (χ4v) is 4.65. The third-order valence-electron chi connectivity index (χ3n) is 6.94. The van der Waals surface area contributed by atoms with Crippen LogP contribution in [0.15, 0.2) is 72.8 Å². The molecule has 0 atom stereocenters. The standard InChI is InChI=1S/C31H32N4O4/c1-3-39-25-13-10-23(11-14-25)30(37)33-24-12-15-29(36)26(17-24)27-18-28(22-8-5-9-22)35(34-27)31(38)32-19-21-7-4-6-20(2)16-21/h4,6-7,10-18,22,36H,3,5,8-9,19H2,1-2H3,(H,32,38)(H,33,37). The Labute approximate surface area is 227 Å². The molecule has 3 aromatic carbocycles. The van der Waals surface area contributed by atoms with Gasteiger partial charge in [-0.05, 0) is 80.8 Å². The SMILES string of the molecule is CCOc1ccc(C(=O)Nc2ccc(O)c(-c3cc(C4CCC4)n(C(=O)NCc4cccc(C)c4)n3)c2)cc1. The normalized spacial score (nSPS) is 13.0. The zero-order chi connectivity index (χ0) is 27.4. The van der Waals surface area contributed by atoms with Gasteiger partial charge >= 0.3 is 6.03 Å². The van der Waals surface area contributed by atoms with Gasteiger partial charge in [-0.2, -0.15) is 9.78 Å². The quantitative estimate of drug-likeness (QED) is 0.237. The van der Waals surface area contributed by atoms with Crippen LogP contribution in [0.3, 0.4) is 0 Å². The van der Waals surface area contributed by atoms with E-state index in [1.807, 2.05) is 44.2 Å². The molecule has 1 aliphatic carbocycles. The maximum absolute atomic E-state index is 13.2. The van der Waals surface area contributed by atoms with Crippen molar-refractivity contribution in [2.24, 2.45) is 0 Å². The van der Waals surface area contributed by atoms with Crippen molar-refractivity contribution in [3.05, 3.63) is 95.2 Å². The highest BCUT2D eigenvalue weighted by Crippen LogP contribution is 2.39. The van der Waals surface area contributed by atoms with E-state index in [1.165, 1.54) is 10.7 Å². The summed E-state index contributed by atoms with van der Waals surface area (Å²) in [5, 5.41) is 21.1. The largest absolute Gasteiger partial charge is 0.507 e. The van der Waals surface area contributed by atoms with Gasteiger partial charge in [0.15, 0.2) is 0 Å². The van der Waals surface area contributed by atoms with E-state index < -0.39 is 0 Å². The summed E-state index contributed by atoms with van der Waals surface area (Å²) in [6.45, 7) is 4.85. The number of aromatic hydroxyl groups is 1. The van der Waals surface area contributed by atoms with Crippen LogP contribution < -0.4 is 15.4 Å². The van der Waals surface area contributed by atoms with Gasteiger partial charge in [0.2, 0.25) is 0 Å². The first-order valence-corrected chi connectivity index (χ1v) is 13.2. The molecule has 0 spiro atoms. The van der Waals surface area contributed by atoms with Crippen LogP contribution >= 0.6 is 0 Å². The molecule has 39 heavy (non-hydrogen) atoms. The van der Waals surface area contributed by atoms with E-state index in [2.05, 4.69) is 15.7 Å². The Morgan fingerprint density at radius 3 is 2.54 bits per heavy atom. The van der Waals surface area contributed by atoms with Gasteiger partial charge in [0.1, 0.15) is 11.5 Å². The maximum Gasteiger partial charge on any atom is 0.342 e. The summed E-state index contributed by atoms with van der Waals surface area (Å²) < 4.78 is 6.86. The van der Waals surface area contributed by atoms with Crippen LogP contribution in [0.2, 0.25) is 0 Å². The van der Waals surface area contributed by atoms with E-state index in [1.54, 1.807) is 36.4 Å². The minimum atomic E-state index is -0.316.